The van der Waals surface area contributed by atoms with E-state index in [4.69, 9.17) is 9.26 Å². The van der Waals surface area contributed by atoms with Crippen LogP contribution in [0.5, 0.6) is 0 Å². The quantitative estimate of drug-likeness (QED) is 0.645. The summed E-state index contributed by atoms with van der Waals surface area (Å²) >= 11 is 0. The van der Waals surface area contributed by atoms with E-state index < -0.39 is 0 Å². The van der Waals surface area contributed by atoms with Crippen molar-refractivity contribution < 1.29 is 14.1 Å². The van der Waals surface area contributed by atoms with Crippen molar-refractivity contribution in [2.45, 2.75) is 38.8 Å². The molecule has 8 nitrogen and oxygen atoms in total. The predicted octanol–water partition coefficient (Wildman–Crippen LogP) is 2.52. The summed E-state index contributed by atoms with van der Waals surface area (Å²) in [7, 11) is 1.58. The normalized spacial score (nSPS) is 15.2. The van der Waals surface area contributed by atoms with E-state index in [1.54, 1.807) is 19.4 Å². The number of aryl methyl sites for hydroxylation is 2. The number of carbonyl (C=O) groups is 1. The number of pyridine rings is 1. The molecule has 0 aliphatic heterocycles. The lowest BCUT2D eigenvalue weighted by Gasteiger charge is -2.15. The summed E-state index contributed by atoms with van der Waals surface area (Å²) in [4.78, 5) is 29.1. The van der Waals surface area contributed by atoms with Crippen molar-refractivity contribution in [1.29, 1.82) is 0 Å². The summed E-state index contributed by atoms with van der Waals surface area (Å²) in [5.41, 5.74) is 3.48. The SMILES string of the molecule is CCc1nc(-c2ccc3c(c2)CC[C@H]3NC(=O)c2ccc(=O)n(CCOC)c2)no1. The van der Waals surface area contributed by atoms with Crippen LogP contribution >= 0.6 is 0 Å². The molecular weight excluding hydrogens is 384 g/mol. The summed E-state index contributed by atoms with van der Waals surface area (Å²) in [6, 6.07) is 8.94. The molecule has 8 heteroatoms. The van der Waals surface area contributed by atoms with Crippen LogP contribution in [0.2, 0.25) is 0 Å². The van der Waals surface area contributed by atoms with E-state index in [1.807, 2.05) is 19.1 Å². The third-order valence-electron chi connectivity index (χ3n) is 5.34. The van der Waals surface area contributed by atoms with Crippen LogP contribution in [0.25, 0.3) is 11.4 Å². The van der Waals surface area contributed by atoms with Crippen LogP contribution in [0, 0.1) is 0 Å². The lowest BCUT2D eigenvalue weighted by Crippen LogP contribution is -2.29. The van der Waals surface area contributed by atoms with E-state index in [1.165, 1.54) is 16.2 Å². The first-order chi connectivity index (χ1) is 14.6. The van der Waals surface area contributed by atoms with Crippen molar-refractivity contribution in [3.63, 3.8) is 0 Å². The Labute approximate surface area is 173 Å². The van der Waals surface area contributed by atoms with E-state index >= 15 is 0 Å². The molecule has 0 saturated carbocycles. The molecule has 0 unspecified atom stereocenters. The zero-order chi connectivity index (χ0) is 21.1. The highest BCUT2D eigenvalue weighted by Crippen LogP contribution is 2.33. The molecule has 1 N–H and O–H groups in total. The maximum Gasteiger partial charge on any atom is 0.253 e. The van der Waals surface area contributed by atoms with Gasteiger partial charge in [0.2, 0.25) is 11.7 Å². The number of benzene rings is 1. The summed E-state index contributed by atoms with van der Waals surface area (Å²) in [6.07, 6.45) is 3.96. The lowest BCUT2D eigenvalue weighted by molar-refractivity contribution is 0.0935. The monoisotopic (exact) mass is 408 g/mol. The van der Waals surface area contributed by atoms with Crippen LogP contribution in [0.4, 0.5) is 0 Å². The molecule has 1 aromatic carbocycles. The van der Waals surface area contributed by atoms with Gasteiger partial charge in [0.1, 0.15) is 0 Å². The van der Waals surface area contributed by atoms with Gasteiger partial charge in [-0.2, -0.15) is 4.98 Å². The van der Waals surface area contributed by atoms with E-state index in [-0.39, 0.29) is 17.5 Å². The van der Waals surface area contributed by atoms with Crippen molar-refractivity contribution >= 4 is 5.91 Å². The number of aromatic nitrogens is 3. The van der Waals surface area contributed by atoms with Crippen molar-refractivity contribution in [2.75, 3.05) is 13.7 Å². The second kappa shape index (κ2) is 8.62. The van der Waals surface area contributed by atoms with Crippen LogP contribution in [-0.2, 0) is 24.1 Å². The van der Waals surface area contributed by atoms with Gasteiger partial charge in [-0.1, -0.05) is 24.2 Å². The van der Waals surface area contributed by atoms with Crippen LogP contribution in [0.1, 0.15) is 46.8 Å². The molecule has 0 fully saturated rings. The van der Waals surface area contributed by atoms with E-state index in [0.29, 0.717) is 36.9 Å². The summed E-state index contributed by atoms with van der Waals surface area (Å²) in [5.74, 6) is 0.997. The second-order valence-corrected chi connectivity index (χ2v) is 7.29. The van der Waals surface area contributed by atoms with Gasteiger partial charge in [-0.3, -0.25) is 9.59 Å². The molecule has 2 aromatic heterocycles. The average Bonchev–Trinajstić information content (AvgIpc) is 3.40. The van der Waals surface area contributed by atoms with Crippen molar-refractivity contribution in [3.05, 3.63) is 69.5 Å². The molecule has 1 aliphatic carbocycles. The van der Waals surface area contributed by atoms with Crippen LogP contribution in [-0.4, -0.2) is 34.3 Å². The molecule has 0 saturated heterocycles. The van der Waals surface area contributed by atoms with Gasteiger partial charge < -0.3 is 19.1 Å². The van der Waals surface area contributed by atoms with E-state index in [9.17, 15) is 9.59 Å². The Bertz CT molecular complexity index is 1120. The smallest absolute Gasteiger partial charge is 0.253 e. The van der Waals surface area contributed by atoms with Crippen LogP contribution in [0.3, 0.4) is 0 Å². The van der Waals surface area contributed by atoms with Crippen LogP contribution < -0.4 is 10.9 Å². The fraction of sp³-hybridized carbons (Fsp3) is 0.364. The zero-order valence-electron chi connectivity index (χ0n) is 17.1. The number of rotatable bonds is 7. The molecule has 3 aromatic rings. The Morgan fingerprint density at radius 1 is 1.33 bits per heavy atom. The van der Waals surface area contributed by atoms with Gasteiger partial charge >= 0.3 is 0 Å². The van der Waals surface area contributed by atoms with Gasteiger partial charge in [0.25, 0.3) is 11.5 Å². The van der Waals surface area contributed by atoms with Gasteiger partial charge in [0, 0.05) is 37.9 Å². The van der Waals surface area contributed by atoms with E-state index in [2.05, 4.69) is 21.5 Å². The third-order valence-corrected chi connectivity index (χ3v) is 5.34. The molecule has 1 atom stereocenters. The molecule has 1 amide bonds. The van der Waals surface area contributed by atoms with Gasteiger partial charge in [-0.05, 0) is 36.1 Å². The minimum atomic E-state index is -0.200. The van der Waals surface area contributed by atoms with Crippen LogP contribution in [0.15, 0.2) is 45.8 Å². The van der Waals surface area contributed by atoms with Crippen molar-refractivity contribution in [3.8, 4) is 11.4 Å². The molecule has 30 heavy (non-hydrogen) atoms. The largest absolute Gasteiger partial charge is 0.383 e. The number of hydrogen-bond donors (Lipinski definition) is 1. The minimum absolute atomic E-state index is 0.0719. The number of nitrogens with one attached hydrogen (secondary N) is 1. The first-order valence-electron chi connectivity index (χ1n) is 10.0. The Morgan fingerprint density at radius 3 is 2.97 bits per heavy atom. The van der Waals surface area contributed by atoms with E-state index in [0.717, 1.165) is 24.0 Å². The Morgan fingerprint density at radius 2 is 2.20 bits per heavy atom. The summed E-state index contributed by atoms with van der Waals surface area (Å²) in [5, 5.41) is 7.13. The third kappa shape index (κ3) is 4.04. The lowest BCUT2D eigenvalue weighted by atomic mass is 10.0. The molecule has 1 aliphatic rings. The number of hydrogen-bond acceptors (Lipinski definition) is 6. The first kappa shape index (κ1) is 20.0. The Balaban J connectivity index is 1.50. The highest BCUT2D eigenvalue weighted by atomic mass is 16.5. The number of amides is 1. The predicted molar refractivity (Wildman–Crippen MR) is 110 cm³/mol. The molecule has 2 heterocycles. The standard InChI is InChI=1S/C22H24N4O4/c1-3-19-24-21(25-30-19)15-4-7-17-14(12-15)5-8-18(17)23-22(28)16-6-9-20(27)26(13-16)10-11-29-2/h4,6-7,9,12-13,18H,3,5,8,10-11H2,1-2H3,(H,23,28)/t18-/m1/s1. The maximum absolute atomic E-state index is 12.8. The zero-order valence-corrected chi connectivity index (χ0v) is 17.1. The fourth-order valence-corrected chi connectivity index (χ4v) is 3.69. The molecule has 0 radical (unpaired) electrons. The highest BCUT2D eigenvalue weighted by molar-refractivity contribution is 5.94. The second-order valence-electron chi connectivity index (χ2n) is 7.29. The maximum atomic E-state index is 12.8. The van der Waals surface area contributed by atoms with Gasteiger partial charge in [0.05, 0.1) is 18.2 Å². The van der Waals surface area contributed by atoms with Gasteiger partial charge in [-0.15, -0.1) is 0 Å². The number of methoxy groups -OCH3 is 1. The average molecular weight is 408 g/mol. The highest BCUT2D eigenvalue weighted by Gasteiger charge is 2.25. The molecule has 0 spiro atoms. The number of ether oxygens (including phenoxy) is 1. The first-order valence-corrected chi connectivity index (χ1v) is 10.0. The minimum Gasteiger partial charge on any atom is -0.383 e. The van der Waals surface area contributed by atoms with Gasteiger partial charge in [0.15, 0.2) is 0 Å². The summed E-state index contributed by atoms with van der Waals surface area (Å²) < 4.78 is 11.7. The molecule has 4 rings (SSSR count). The molecular formula is C22H24N4O4. The van der Waals surface area contributed by atoms with Crippen molar-refractivity contribution in [2.24, 2.45) is 0 Å². The van der Waals surface area contributed by atoms with Crippen molar-refractivity contribution in [1.82, 2.24) is 20.0 Å². The fourth-order valence-electron chi connectivity index (χ4n) is 3.69. The molecule has 0 bridgehead atoms. The number of fused-ring (bicyclic) bond motifs is 1. The number of nitrogens with zero attached hydrogens (tertiary/aromatic N) is 3. The summed E-state index contributed by atoms with van der Waals surface area (Å²) in [6.45, 7) is 2.78. The van der Waals surface area contributed by atoms with Gasteiger partial charge in [-0.25, -0.2) is 0 Å². The number of carbonyl (C=O) groups excluding carboxylic acids is 1. The Hall–Kier alpha value is -3.26. The topological polar surface area (TPSA) is 99.2 Å². The molecule has 156 valence electrons. The Kier molecular flexibility index (Phi) is 5.76.